The molecule has 10 heteroatoms. The maximum absolute atomic E-state index is 13.2. The fourth-order valence-electron chi connectivity index (χ4n) is 3.12. The lowest BCUT2D eigenvalue weighted by Gasteiger charge is -2.27. The smallest absolute Gasteiger partial charge is 0.406 e. The average Bonchev–Trinajstić information content (AvgIpc) is 3.22. The first-order chi connectivity index (χ1) is 12.5. The van der Waals surface area contributed by atoms with E-state index in [4.69, 9.17) is 5.11 Å². The van der Waals surface area contributed by atoms with E-state index in [9.17, 15) is 27.2 Å². The van der Waals surface area contributed by atoms with Crippen molar-refractivity contribution in [2.75, 3.05) is 13.1 Å². The van der Waals surface area contributed by atoms with Gasteiger partial charge in [0.25, 0.3) is 5.91 Å². The van der Waals surface area contributed by atoms with Crippen LogP contribution in [0.2, 0.25) is 0 Å². The number of nitrogens with zero attached hydrogens (tertiary/aromatic N) is 3. The zero-order valence-electron chi connectivity index (χ0n) is 14.1. The van der Waals surface area contributed by atoms with E-state index in [1.807, 2.05) is 0 Å². The van der Waals surface area contributed by atoms with Crippen LogP contribution in [0, 0.1) is 18.2 Å². The number of alkyl halides is 3. The molecule has 2 heterocycles. The summed E-state index contributed by atoms with van der Waals surface area (Å²) in [4.78, 5) is 24.6. The van der Waals surface area contributed by atoms with Crippen LogP contribution >= 0.6 is 0 Å². The van der Waals surface area contributed by atoms with Gasteiger partial charge in [-0.25, -0.2) is 9.07 Å². The maximum atomic E-state index is 13.2. The van der Waals surface area contributed by atoms with Crippen molar-refractivity contribution in [1.29, 1.82) is 0 Å². The summed E-state index contributed by atoms with van der Waals surface area (Å²) in [6.45, 7) is 0.340. The second-order valence-electron chi connectivity index (χ2n) is 6.44. The molecule has 6 nitrogen and oxygen atoms in total. The number of aromatic nitrogens is 2. The Hall–Kier alpha value is -2.91. The van der Waals surface area contributed by atoms with Crippen molar-refractivity contribution in [3.05, 3.63) is 47.5 Å². The highest BCUT2D eigenvalue weighted by molar-refractivity contribution is 5.93. The lowest BCUT2D eigenvalue weighted by Crippen LogP contribution is -2.47. The number of amides is 1. The van der Waals surface area contributed by atoms with Crippen LogP contribution in [0.5, 0.6) is 0 Å². The number of carbonyl (C=O) groups is 2. The van der Waals surface area contributed by atoms with Crippen LogP contribution in [0.25, 0.3) is 5.69 Å². The van der Waals surface area contributed by atoms with Gasteiger partial charge in [-0.2, -0.15) is 18.3 Å². The first-order valence-corrected chi connectivity index (χ1v) is 7.97. The van der Waals surface area contributed by atoms with E-state index < -0.39 is 42.3 Å². The fraction of sp³-hybridized carbons (Fsp3) is 0.353. The number of aliphatic carboxylic acids is 1. The Kier molecular flexibility index (Phi) is 4.44. The van der Waals surface area contributed by atoms with Gasteiger partial charge in [-0.1, -0.05) is 0 Å². The Labute approximate surface area is 151 Å². The molecule has 0 aliphatic carbocycles. The van der Waals surface area contributed by atoms with Gasteiger partial charge in [0.15, 0.2) is 11.1 Å². The van der Waals surface area contributed by atoms with Crippen molar-refractivity contribution in [2.45, 2.75) is 19.5 Å². The Balaban J connectivity index is 1.84. The van der Waals surface area contributed by atoms with Crippen LogP contribution in [0.3, 0.4) is 0 Å². The highest BCUT2D eigenvalue weighted by Crippen LogP contribution is 2.45. The molecule has 2 aromatic rings. The highest BCUT2D eigenvalue weighted by atomic mass is 19.4. The minimum absolute atomic E-state index is 0.123. The number of aryl methyl sites for hydroxylation is 1. The van der Waals surface area contributed by atoms with Crippen LogP contribution in [-0.2, 0) is 4.79 Å². The standard InChI is InChI=1S/C17H15F4N3O3/c1-10-8-11(18)2-3-13(10)24-6-4-12(22-24)14(25)23-7-5-16(9-23,15(26)27)17(19,20)21/h2-4,6,8H,5,7,9H2,1H3,(H,26,27). The second-order valence-corrected chi connectivity index (χ2v) is 6.44. The van der Waals surface area contributed by atoms with Crippen molar-refractivity contribution in [3.63, 3.8) is 0 Å². The molecule has 3 rings (SSSR count). The molecule has 1 atom stereocenters. The third-order valence-electron chi connectivity index (χ3n) is 4.72. The van der Waals surface area contributed by atoms with Crippen molar-refractivity contribution >= 4 is 11.9 Å². The van der Waals surface area contributed by atoms with Gasteiger partial charge in [-0.05, 0) is 43.2 Å². The number of likely N-dealkylation sites (tertiary alicyclic amines) is 1. The first-order valence-electron chi connectivity index (χ1n) is 7.97. The van der Waals surface area contributed by atoms with Gasteiger partial charge in [0.05, 0.1) is 5.69 Å². The molecule has 1 aliphatic rings. The predicted octanol–water partition coefficient (Wildman–Crippen LogP) is 2.80. The number of carbonyl (C=O) groups excluding carboxylic acids is 1. The zero-order valence-corrected chi connectivity index (χ0v) is 14.1. The summed E-state index contributed by atoms with van der Waals surface area (Å²) >= 11 is 0. The van der Waals surface area contributed by atoms with Crippen LogP contribution in [0.4, 0.5) is 17.6 Å². The molecule has 0 bridgehead atoms. The molecule has 0 radical (unpaired) electrons. The molecule has 1 amide bonds. The SMILES string of the molecule is Cc1cc(F)ccc1-n1ccc(C(=O)N2CCC(C(=O)O)(C(F)(F)F)C2)n1. The molecule has 0 spiro atoms. The van der Waals surface area contributed by atoms with Crippen LogP contribution in [0.1, 0.15) is 22.5 Å². The third-order valence-corrected chi connectivity index (χ3v) is 4.72. The van der Waals surface area contributed by atoms with Crippen molar-refractivity contribution in [1.82, 2.24) is 14.7 Å². The molecule has 1 unspecified atom stereocenters. The Bertz CT molecular complexity index is 909. The lowest BCUT2D eigenvalue weighted by atomic mass is 9.86. The minimum atomic E-state index is -4.97. The topological polar surface area (TPSA) is 75.4 Å². The van der Waals surface area contributed by atoms with Crippen molar-refractivity contribution in [3.8, 4) is 5.69 Å². The Morgan fingerprint density at radius 2 is 1.96 bits per heavy atom. The molecule has 27 heavy (non-hydrogen) atoms. The maximum Gasteiger partial charge on any atom is 0.406 e. The van der Waals surface area contributed by atoms with Crippen LogP contribution in [0.15, 0.2) is 30.5 Å². The Morgan fingerprint density at radius 3 is 2.52 bits per heavy atom. The van der Waals surface area contributed by atoms with E-state index >= 15 is 0 Å². The largest absolute Gasteiger partial charge is 0.481 e. The molecule has 1 aromatic heterocycles. The Morgan fingerprint density at radius 1 is 1.26 bits per heavy atom. The normalized spacial score (nSPS) is 20.1. The van der Waals surface area contributed by atoms with E-state index in [1.165, 1.54) is 35.1 Å². The van der Waals surface area contributed by atoms with Crippen molar-refractivity contribution in [2.24, 2.45) is 5.41 Å². The van der Waals surface area contributed by atoms with E-state index in [0.29, 0.717) is 11.3 Å². The van der Waals surface area contributed by atoms with Crippen LogP contribution < -0.4 is 0 Å². The summed E-state index contributed by atoms with van der Waals surface area (Å²) in [5.74, 6) is -3.23. The van der Waals surface area contributed by atoms with E-state index in [2.05, 4.69) is 5.10 Å². The summed E-state index contributed by atoms with van der Waals surface area (Å²) in [6, 6.07) is 5.28. The van der Waals surface area contributed by atoms with Crippen molar-refractivity contribution < 1.29 is 32.3 Å². The lowest BCUT2D eigenvalue weighted by molar-refractivity contribution is -0.227. The van der Waals surface area contributed by atoms with E-state index in [-0.39, 0.29) is 12.2 Å². The summed E-state index contributed by atoms with van der Waals surface area (Å²) in [7, 11) is 0. The molecule has 1 aliphatic heterocycles. The predicted molar refractivity (Wildman–Crippen MR) is 84.9 cm³/mol. The molecular formula is C17H15F4N3O3. The van der Waals surface area contributed by atoms with E-state index in [1.54, 1.807) is 6.92 Å². The first kappa shape index (κ1) is 18.9. The third kappa shape index (κ3) is 3.15. The number of hydrogen-bond acceptors (Lipinski definition) is 3. The summed E-state index contributed by atoms with van der Waals surface area (Å²) < 4.78 is 54.2. The number of hydrogen-bond donors (Lipinski definition) is 1. The van der Waals surface area contributed by atoms with Gasteiger partial charge in [-0.3, -0.25) is 9.59 Å². The number of halogens is 4. The summed E-state index contributed by atoms with van der Waals surface area (Å²) in [6.07, 6.45) is -4.26. The molecular weight excluding hydrogens is 370 g/mol. The molecule has 144 valence electrons. The van der Waals surface area contributed by atoms with Gasteiger partial charge in [0.1, 0.15) is 5.82 Å². The number of rotatable bonds is 3. The van der Waals surface area contributed by atoms with Crippen LogP contribution in [-0.4, -0.2) is 50.9 Å². The minimum Gasteiger partial charge on any atom is -0.481 e. The van der Waals surface area contributed by atoms with Gasteiger partial charge in [0, 0.05) is 19.3 Å². The molecule has 1 N–H and O–H groups in total. The molecule has 1 aromatic carbocycles. The van der Waals surface area contributed by atoms with Gasteiger partial charge in [0.2, 0.25) is 0 Å². The average molecular weight is 385 g/mol. The van der Waals surface area contributed by atoms with E-state index in [0.717, 1.165) is 4.90 Å². The van der Waals surface area contributed by atoms with Gasteiger partial charge >= 0.3 is 12.1 Å². The molecule has 0 saturated carbocycles. The number of carboxylic acid groups (broad SMARTS) is 1. The zero-order chi connectivity index (χ0) is 20.0. The quantitative estimate of drug-likeness (QED) is 0.825. The number of benzene rings is 1. The molecule has 1 fully saturated rings. The fourth-order valence-corrected chi connectivity index (χ4v) is 3.12. The second kappa shape index (κ2) is 6.36. The highest BCUT2D eigenvalue weighted by Gasteiger charge is 2.64. The number of carboxylic acids is 1. The van der Waals surface area contributed by atoms with Gasteiger partial charge in [-0.15, -0.1) is 0 Å². The summed E-state index contributed by atoms with van der Waals surface area (Å²) in [5.41, 5.74) is -2.03. The molecule has 1 saturated heterocycles. The monoisotopic (exact) mass is 385 g/mol. The van der Waals surface area contributed by atoms with Gasteiger partial charge < -0.3 is 10.0 Å². The summed E-state index contributed by atoms with van der Waals surface area (Å²) in [5, 5.41) is 13.1.